The van der Waals surface area contributed by atoms with E-state index in [-0.39, 0.29) is 4.91 Å². The molecule has 1 saturated heterocycles. The predicted molar refractivity (Wildman–Crippen MR) is 105 cm³/mol. The minimum absolute atomic E-state index is 0.278. The van der Waals surface area contributed by atoms with Gasteiger partial charge in [0.15, 0.2) is 0 Å². The Balaban J connectivity index is 1.95. The van der Waals surface area contributed by atoms with E-state index in [0.29, 0.717) is 0 Å². The number of esters is 1. The normalized spacial score (nSPS) is 16.9. The number of benzene rings is 1. The summed E-state index contributed by atoms with van der Waals surface area (Å²) in [6.07, 6.45) is 3.58. The first-order valence-corrected chi connectivity index (χ1v) is 9.25. The first-order chi connectivity index (χ1) is 12.8. The summed E-state index contributed by atoms with van der Waals surface area (Å²) in [4.78, 5) is 37.8. The largest absolute Gasteiger partial charge is 0.467 e. The zero-order valence-electron chi connectivity index (χ0n) is 15.6. The summed E-state index contributed by atoms with van der Waals surface area (Å²) in [5.74, 6) is -1.12. The number of methoxy groups -OCH3 is 1. The van der Waals surface area contributed by atoms with Gasteiger partial charge in [-0.15, -0.1) is 0 Å². The number of ether oxygens (including phenoxy) is 1. The molecular weight excluding hydrogens is 364 g/mol. The first kappa shape index (κ1) is 19.0. The minimum atomic E-state index is -0.959. The molecule has 27 heavy (non-hydrogen) atoms. The average Bonchev–Trinajstić information content (AvgIpc) is 3.18. The molecule has 0 spiro atoms. The Morgan fingerprint density at radius 3 is 2.63 bits per heavy atom. The molecule has 1 aliphatic heterocycles. The molecule has 6 nitrogen and oxygen atoms in total. The third-order valence-corrected chi connectivity index (χ3v) is 5.31. The Morgan fingerprint density at radius 2 is 1.96 bits per heavy atom. The van der Waals surface area contributed by atoms with Crippen LogP contribution in [0.4, 0.5) is 4.79 Å². The number of amides is 2. The molecule has 0 bridgehead atoms. The summed E-state index contributed by atoms with van der Waals surface area (Å²) in [5, 5.41) is -0.478. The van der Waals surface area contributed by atoms with E-state index in [2.05, 4.69) is 10.8 Å². The lowest BCUT2D eigenvalue weighted by molar-refractivity contribution is -0.148. The molecule has 0 N–H and O–H groups in total. The van der Waals surface area contributed by atoms with E-state index in [1.807, 2.05) is 48.9 Å². The van der Waals surface area contributed by atoms with Crippen LogP contribution in [0, 0.1) is 13.8 Å². The maximum Gasteiger partial charge on any atom is 0.328 e. The number of rotatable bonds is 4. The van der Waals surface area contributed by atoms with Crippen molar-refractivity contribution in [1.29, 1.82) is 0 Å². The molecule has 2 aromatic rings. The van der Waals surface area contributed by atoms with Crippen molar-refractivity contribution in [3.8, 4) is 5.69 Å². The number of carbonyl (C=O) groups excluding carboxylic acids is 3. The smallest absolute Gasteiger partial charge is 0.328 e. The zero-order chi connectivity index (χ0) is 19.7. The highest BCUT2D eigenvalue weighted by Crippen LogP contribution is 2.34. The van der Waals surface area contributed by atoms with Crippen molar-refractivity contribution >= 4 is 35.0 Å². The SMILES string of the molecule is COC(=O)[C@@H](C)N1C(=O)S/C(=C/c2cccn2-c2ccc(C)cc2C)C1=O. The number of thioether (sulfide) groups is 1. The molecular formula is C20H20N2O4S. The van der Waals surface area contributed by atoms with E-state index in [9.17, 15) is 14.4 Å². The van der Waals surface area contributed by atoms with Crippen LogP contribution in [0.3, 0.4) is 0 Å². The van der Waals surface area contributed by atoms with Crippen LogP contribution in [0.5, 0.6) is 0 Å². The van der Waals surface area contributed by atoms with E-state index < -0.39 is 23.2 Å². The molecule has 7 heteroatoms. The third-order valence-electron chi connectivity index (χ3n) is 4.42. The van der Waals surface area contributed by atoms with Gasteiger partial charge in [-0.25, -0.2) is 4.79 Å². The van der Waals surface area contributed by atoms with E-state index in [1.165, 1.54) is 19.6 Å². The van der Waals surface area contributed by atoms with Crippen LogP contribution >= 0.6 is 11.8 Å². The van der Waals surface area contributed by atoms with Crippen molar-refractivity contribution in [2.75, 3.05) is 7.11 Å². The number of aryl methyl sites for hydroxylation is 2. The van der Waals surface area contributed by atoms with Gasteiger partial charge in [0.05, 0.1) is 12.0 Å². The molecule has 3 rings (SSSR count). The molecule has 1 aromatic carbocycles. The van der Waals surface area contributed by atoms with Gasteiger partial charge in [-0.2, -0.15) is 0 Å². The second-order valence-electron chi connectivity index (χ2n) is 6.34. The van der Waals surface area contributed by atoms with Crippen molar-refractivity contribution < 1.29 is 19.1 Å². The molecule has 140 valence electrons. The Morgan fingerprint density at radius 1 is 1.22 bits per heavy atom. The average molecular weight is 384 g/mol. The fourth-order valence-electron chi connectivity index (χ4n) is 3.03. The van der Waals surface area contributed by atoms with Crippen LogP contribution in [-0.4, -0.2) is 39.7 Å². The molecule has 1 atom stereocenters. The zero-order valence-corrected chi connectivity index (χ0v) is 16.4. The van der Waals surface area contributed by atoms with Gasteiger partial charge in [-0.1, -0.05) is 17.7 Å². The summed E-state index contributed by atoms with van der Waals surface area (Å²) in [5.41, 5.74) is 4.05. The van der Waals surface area contributed by atoms with E-state index >= 15 is 0 Å². The molecule has 0 unspecified atom stereocenters. The van der Waals surface area contributed by atoms with Gasteiger partial charge in [-0.05, 0) is 62.4 Å². The molecule has 1 fully saturated rings. The van der Waals surface area contributed by atoms with Crippen LogP contribution < -0.4 is 0 Å². The van der Waals surface area contributed by atoms with Crippen molar-refractivity contribution in [2.45, 2.75) is 26.8 Å². The van der Waals surface area contributed by atoms with E-state index in [0.717, 1.165) is 33.6 Å². The van der Waals surface area contributed by atoms with Crippen molar-refractivity contribution in [3.63, 3.8) is 0 Å². The molecule has 2 heterocycles. The van der Waals surface area contributed by atoms with Gasteiger partial charge in [0, 0.05) is 17.6 Å². The van der Waals surface area contributed by atoms with Crippen molar-refractivity contribution in [2.24, 2.45) is 0 Å². The standard InChI is InChI=1S/C20H20N2O4S/c1-12-7-8-16(13(2)10-12)21-9-5-6-15(21)11-17-18(23)22(20(25)27-17)14(3)19(24)26-4/h5-11,14H,1-4H3/b17-11+/t14-/m1/s1. The van der Waals surface area contributed by atoms with E-state index in [1.54, 1.807) is 6.08 Å². The predicted octanol–water partition coefficient (Wildman–Crippen LogP) is 3.69. The number of hydrogen-bond donors (Lipinski definition) is 0. The fraction of sp³-hybridized carbons (Fsp3) is 0.250. The van der Waals surface area contributed by atoms with Crippen LogP contribution in [0.2, 0.25) is 0 Å². The molecule has 1 aliphatic rings. The first-order valence-electron chi connectivity index (χ1n) is 8.43. The van der Waals surface area contributed by atoms with Crippen molar-refractivity contribution in [3.05, 3.63) is 58.3 Å². The fourth-order valence-corrected chi connectivity index (χ4v) is 3.92. The lowest BCUT2D eigenvalue weighted by Crippen LogP contribution is -2.42. The maximum atomic E-state index is 12.7. The highest BCUT2D eigenvalue weighted by Gasteiger charge is 2.41. The van der Waals surface area contributed by atoms with Gasteiger partial charge in [-0.3, -0.25) is 14.5 Å². The Labute approximate surface area is 161 Å². The van der Waals surface area contributed by atoms with Gasteiger partial charge in [0.1, 0.15) is 6.04 Å². The van der Waals surface area contributed by atoms with Crippen LogP contribution in [0.15, 0.2) is 41.4 Å². The summed E-state index contributed by atoms with van der Waals surface area (Å²) in [6, 6.07) is 8.93. The lowest BCUT2D eigenvalue weighted by atomic mass is 10.1. The highest BCUT2D eigenvalue weighted by atomic mass is 32.2. The minimum Gasteiger partial charge on any atom is -0.467 e. The summed E-state index contributed by atoms with van der Waals surface area (Å²) in [6.45, 7) is 5.54. The Hall–Kier alpha value is -2.80. The lowest BCUT2D eigenvalue weighted by Gasteiger charge is -2.18. The molecule has 0 saturated carbocycles. The van der Waals surface area contributed by atoms with Crippen LogP contribution in [0.1, 0.15) is 23.7 Å². The Kier molecular flexibility index (Phi) is 5.23. The number of hydrogen-bond acceptors (Lipinski definition) is 5. The number of imide groups is 1. The van der Waals surface area contributed by atoms with Crippen molar-refractivity contribution in [1.82, 2.24) is 9.47 Å². The summed E-state index contributed by atoms with van der Waals surface area (Å²) < 4.78 is 6.61. The number of nitrogens with zero attached hydrogens (tertiary/aromatic N) is 2. The topological polar surface area (TPSA) is 68.6 Å². The monoisotopic (exact) mass is 384 g/mol. The summed E-state index contributed by atoms with van der Waals surface area (Å²) in [7, 11) is 1.23. The Bertz CT molecular complexity index is 961. The van der Waals surface area contributed by atoms with Gasteiger partial charge in [0.25, 0.3) is 11.1 Å². The highest BCUT2D eigenvalue weighted by molar-refractivity contribution is 8.18. The van der Waals surface area contributed by atoms with Gasteiger partial charge in [0.2, 0.25) is 0 Å². The van der Waals surface area contributed by atoms with Gasteiger partial charge >= 0.3 is 5.97 Å². The third kappa shape index (κ3) is 3.55. The van der Waals surface area contributed by atoms with Gasteiger partial charge < -0.3 is 9.30 Å². The molecule has 1 aromatic heterocycles. The summed E-state index contributed by atoms with van der Waals surface area (Å²) >= 11 is 0.824. The quantitative estimate of drug-likeness (QED) is 0.594. The second-order valence-corrected chi connectivity index (χ2v) is 7.34. The number of aromatic nitrogens is 1. The van der Waals surface area contributed by atoms with Crippen LogP contribution in [-0.2, 0) is 14.3 Å². The molecule has 0 aliphatic carbocycles. The molecule has 0 radical (unpaired) electrons. The second kappa shape index (κ2) is 7.44. The van der Waals surface area contributed by atoms with E-state index in [4.69, 9.17) is 0 Å². The van der Waals surface area contributed by atoms with Crippen LogP contribution in [0.25, 0.3) is 11.8 Å². The number of carbonyl (C=O) groups is 3. The maximum absolute atomic E-state index is 12.7. The molecule has 2 amide bonds.